The van der Waals surface area contributed by atoms with Crippen molar-refractivity contribution < 1.29 is 22.6 Å². The van der Waals surface area contributed by atoms with Gasteiger partial charge in [-0.2, -0.15) is 0 Å². The SMILES string of the molecule is CC/C(=C\C=C(/C)N(CCN1CCOCC1)C1=NC2=C(Cl)C=CCC2C(Cl)=C1)OC(F)(F)F. The van der Waals surface area contributed by atoms with Crippen molar-refractivity contribution in [2.75, 3.05) is 39.4 Å². The average molecular weight is 506 g/mol. The van der Waals surface area contributed by atoms with Gasteiger partial charge in [0.15, 0.2) is 0 Å². The van der Waals surface area contributed by atoms with Crippen LogP contribution in [-0.4, -0.2) is 61.4 Å². The van der Waals surface area contributed by atoms with Gasteiger partial charge >= 0.3 is 6.36 Å². The van der Waals surface area contributed by atoms with Crippen LogP contribution < -0.4 is 0 Å². The summed E-state index contributed by atoms with van der Waals surface area (Å²) < 4.78 is 47.5. The molecule has 1 aliphatic carbocycles. The number of amidine groups is 1. The lowest BCUT2D eigenvalue weighted by Gasteiger charge is -2.33. The molecule has 0 spiro atoms. The van der Waals surface area contributed by atoms with Crippen molar-refractivity contribution in [1.82, 2.24) is 9.80 Å². The van der Waals surface area contributed by atoms with E-state index in [4.69, 9.17) is 32.9 Å². The zero-order chi connectivity index (χ0) is 24.0. The lowest BCUT2D eigenvalue weighted by molar-refractivity contribution is -0.306. The number of aliphatic imine (C=N–C) groups is 1. The Kier molecular flexibility index (Phi) is 9.09. The molecule has 2 heterocycles. The largest absolute Gasteiger partial charge is 0.572 e. The number of rotatable bonds is 7. The van der Waals surface area contributed by atoms with Crippen LogP contribution in [-0.2, 0) is 9.47 Å². The van der Waals surface area contributed by atoms with Gasteiger partial charge in [0.05, 0.1) is 23.9 Å². The first kappa shape index (κ1) is 25.9. The molecule has 5 nitrogen and oxygen atoms in total. The number of fused-ring (bicyclic) bond motifs is 1. The summed E-state index contributed by atoms with van der Waals surface area (Å²) in [6, 6.07) is 0. The molecule has 0 aromatic carbocycles. The maximum Gasteiger partial charge on any atom is 0.572 e. The molecule has 0 saturated carbocycles. The van der Waals surface area contributed by atoms with Crippen molar-refractivity contribution in [1.29, 1.82) is 0 Å². The summed E-state index contributed by atoms with van der Waals surface area (Å²) in [6.45, 7) is 7.73. The number of hydrogen-bond donors (Lipinski definition) is 0. The Bertz CT molecular complexity index is 901. The fourth-order valence-electron chi connectivity index (χ4n) is 3.78. The summed E-state index contributed by atoms with van der Waals surface area (Å²) in [5.41, 5.74) is 1.41. The lowest BCUT2D eigenvalue weighted by atomic mass is 9.94. The minimum atomic E-state index is -4.73. The maximum absolute atomic E-state index is 12.7. The van der Waals surface area contributed by atoms with Crippen molar-refractivity contribution in [3.8, 4) is 0 Å². The van der Waals surface area contributed by atoms with Crippen molar-refractivity contribution in [3.63, 3.8) is 0 Å². The number of hydrogen-bond acceptors (Lipinski definition) is 5. The highest BCUT2D eigenvalue weighted by atomic mass is 35.5. The van der Waals surface area contributed by atoms with E-state index in [0.717, 1.165) is 26.1 Å². The predicted molar refractivity (Wildman–Crippen MR) is 125 cm³/mol. The van der Waals surface area contributed by atoms with Crippen molar-refractivity contribution in [3.05, 3.63) is 57.6 Å². The molecular formula is C23H28Cl2F3N3O2. The summed E-state index contributed by atoms with van der Waals surface area (Å²) in [4.78, 5) is 9.01. The molecule has 0 N–H and O–H groups in total. The molecule has 2 aliphatic heterocycles. The highest BCUT2D eigenvalue weighted by molar-refractivity contribution is 6.34. The Balaban J connectivity index is 1.89. The third kappa shape index (κ3) is 7.37. The second kappa shape index (κ2) is 11.6. The van der Waals surface area contributed by atoms with Gasteiger partial charge in [-0.3, -0.25) is 4.90 Å². The van der Waals surface area contributed by atoms with Crippen molar-refractivity contribution >= 4 is 29.0 Å². The average Bonchev–Trinajstić information content (AvgIpc) is 2.77. The quantitative estimate of drug-likeness (QED) is 0.318. The molecule has 1 unspecified atom stereocenters. The van der Waals surface area contributed by atoms with Gasteiger partial charge < -0.3 is 14.4 Å². The van der Waals surface area contributed by atoms with Gasteiger partial charge in [0.25, 0.3) is 0 Å². The fraction of sp³-hybridized carbons (Fsp3) is 0.522. The Morgan fingerprint density at radius 3 is 2.70 bits per heavy atom. The normalized spacial score (nSPS) is 22.7. The van der Waals surface area contributed by atoms with E-state index in [0.29, 0.717) is 47.1 Å². The second-order valence-corrected chi connectivity index (χ2v) is 8.71. The highest BCUT2D eigenvalue weighted by Gasteiger charge is 2.31. The monoisotopic (exact) mass is 505 g/mol. The first-order valence-electron chi connectivity index (χ1n) is 10.9. The van der Waals surface area contributed by atoms with Gasteiger partial charge in [-0.15, -0.1) is 13.2 Å². The smallest absolute Gasteiger partial charge is 0.410 e. The van der Waals surface area contributed by atoms with E-state index in [1.165, 1.54) is 6.08 Å². The van der Waals surface area contributed by atoms with Crippen LogP contribution in [0.1, 0.15) is 26.7 Å². The summed E-state index contributed by atoms with van der Waals surface area (Å²) in [7, 11) is 0. The molecule has 3 aliphatic rings. The van der Waals surface area contributed by atoms with E-state index in [1.807, 2.05) is 30.1 Å². The van der Waals surface area contributed by atoms with Crippen LogP contribution in [0.2, 0.25) is 0 Å². The van der Waals surface area contributed by atoms with E-state index in [2.05, 4.69) is 9.64 Å². The van der Waals surface area contributed by atoms with E-state index in [9.17, 15) is 13.2 Å². The minimum absolute atomic E-state index is 0.0786. The predicted octanol–water partition coefficient (Wildman–Crippen LogP) is 5.92. The topological polar surface area (TPSA) is 37.3 Å². The molecule has 0 bridgehead atoms. The van der Waals surface area contributed by atoms with Crippen LogP contribution in [0, 0.1) is 5.92 Å². The molecule has 33 heavy (non-hydrogen) atoms. The molecule has 0 aromatic heterocycles. The van der Waals surface area contributed by atoms with Gasteiger partial charge in [-0.25, -0.2) is 4.99 Å². The zero-order valence-electron chi connectivity index (χ0n) is 18.7. The Hall–Kier alpha value is -1.74. The number of nitrogens with zero attached hydrogens (tertiary/aromatic N) is 3. The second-order valence-electron chi connectivity index (χ2n) is 7.87. The molecule has 182 valence electrons. The van der Waals surface area contributed by atoms with Crippen LogP contribution in [0.4, 0.5) is 13.2 Å². The molecule has 1 fully saturated rings. The third-order valence-electron chi connectivity index (χ3n) is 5.60. The summed E-state index contributed by atoms with van der Waals surface area (Å²) in [5, 5.41) is 1.17. The van der Waals surface area contributed by atoms with Crippen LogP contribution in [0.25, 0.3) is 0 Å². The summed E-state index contributed by atoms with van der Waals surface area (Å²) >= 11 is 13.0. The number of ether oxygens (including phenoxy) is 2. The number of allylic oxidation sites excluding steroid dienone is 8. The van der Waals surface area contributed by atoms with Crippen LogP contribution in [0.15, 0.2) is 62.6 Å². The zero-order valence-corrected chi connectivity index (χ0v) is 20.2. The lowest BCUT2D eigenvalue weighted by Crippen LogP contribution is -2.42. The molecule has 1 atom stereocenters. The summed E-state index contributed by atoms with van der Waals surface area (Å²) in [5.74, 6) is 0.354. The first-order chi connectivity index (χ1) is 15.7. The Morgan fingerprint density at radius 1 is 1.30 bits per heavy atom. The van der Waals surface area contributed by atoms with Crippen LogP contribution in [0.5, 0.6) is 0 Å². The van der Waals surface area contributed by atoms with Crippen molar-refractivity contribution in [2.24, 2.45) is 10.9 Å². The molecule has 0 aromatic rings. The molecular weight excluding hydrogens is 478 g/mol. The van der Waals surface area contributed by atoms with E-state index >= 15 is 0 Å². The molecule has 10 heteroatoms. The van der Waals surface area contributed by atoms with Gasteiger partial charge in [0, 0.05) is 49.2 Å². The van der Waals surface area contributed by atoms with Gasteiger partial charge in [-0.1, -0.05) is 36.2 Å². The number of dihydropyridines is 1. The molecule has 1 saturated heterocycles. The minimum Gasteiger partial charge on any atom is -0.410 e. The van der Waals surface area contributed by atoms with E-state index < -0.39 is 6.36 Å². The fourth-order valence-corrected chi connectivity index (χ4v) is 4.33. The third-order valence-corrected chi connectivity index (χ3v) is 6.29. The number of alkyl halides is 3. The first-order valence-corrected chi connectivity index (χ1v) is 11.7. The standard InChI is InChI=1S/C23H28Cl2F3N3O2/c1-3-17(33-23(26,27)28)8-7-16(2)31(10-9-30-11-13-32-14-12-30)21-15-20(25)18-5-4-6-19(24)22(18)29-21/h4,6-8,15,18H,3,5,9-14H2,1-2H3/b16-7+,17-8+. The number of halogens is 5. The Morgan fingerprint density at radius 2 is 2.03 bits per heavy atom. The van der Waals surface area contributed by atoms with E-state index in [1.54, 1.807) is 13.0 Å². The van der Waals surface area contributed by atoms with Crippen molar-refractivity contribution in [2.45, 2.75) is 33.1 Å². The highest BCUT2D eigenvalue weighted by Crippen LogP contribution is 2.38. The Labute approximate surface area is 202 Å². The van der Waals surface area contributed by atoms with E-state index in [-0.39, 0.29) is 18.1 Å². The molecule has 0 amide bonds. The van der Waals surface area contributed by atoms with Gasteiger partial charge in [-0.05, 0) is 37.6 Å². The maximum atomic E-state index is 12.7. The van der Waals surface area contributed by atoms with Crippen LogP contribution >= 0.6 is 23.2 Å². The van der Waals surface area contributed by atoms with Crippen LogP contribution in [0.3, 0.4) is 0 Å². The van der Waals surface area contributed by atoms with Gasteiger partial charge in [0.1, 0.15) is 11.6 Å². The molecule has 0 radical (unpaired) electrons. The molecule has 3 rings (SSSR count). The van der Waals surface area contributed by atoms with Gasteiger partial charge in [0.2, 0.25) is 0 Å². The summed E-state index contributed by atoms with van der Waals surface area (Å²) in [6.07, 6.45) is 4.65. The number of morpholine rings is 1.